The molecule has 1 aliphatic heterocycles. The lowest BCUT2D eigenvalue weighted by Gasteiger charge is -2.17. The van der Waals surface area contributed by atoms with Gasteiger partial charge in [0.15, 0.2) is 5.11 Å². The van der Waals surface area contributed by atoms with Gasteiger partial charge in [0.2, 0.25) is 0 Å². The molecule has 1 aliphatic rings. The molecule has 136 valence electrons. The fourth-order valence-corrected chi connectivity index (χ4v) is 2.41. The number of carbonyl (C=O) groups is 1. The number of amides is 1. The van der Waals surface area contributed by atoms with Gasteiger partial charge in [-0.3, -0.25) is 9.69 Å². The van der Waals surface area contributed by atoms with E-state index in [1.54, 1.807) is 0 Å². The third kappa shape index (κ3) is 4.68. The van der Waals surface area contributed by atoms with E-state index in [0.29, 0.717) is 12.1 Å². The first kappa shape index (κ1) is 19.2. The molecule has 0 aliphatic carbocycles. The normalized spacial score (nSPS) is 17.0. The fourth-order valence-electron chi connectivity index (χ4n) is 2.14. The lowest BCUT2D eigenvalue weighted by molar-refractivity contribution is -0.253. The molecule has 1 aromatic carbocycles. The van der Waals surface area contributed by atoms with Gasteiger partial charge in [0, 0.05) is 6.54 Å². The molecular weight excluding hydrogens is 360 g/mol. The van der Waals surface area contributed by atoms with E-state index < -0.39 is 18.3 Å². The number of rotatable bonds is 6. The van der Waals surface area contributed by atoms with Crippen LogP contribution in [0.4, 0.5) is 17.6 Å². The Bertz CT molecular complexity index is 707. The van der Waals surface area contributed by atoms with Crippen molar-refractivity contribution in [1.82, 2.24) is 10.2 Å². The summed E-state index contributed by atoms with van der Waals surface area (Å²) >= 11 is 5.10. The smallest absolute Gasteiger partial charge is 0.428 e. The molecule has 1 aromatic rings. The second-order valence-corrected chi connectivity index (χ2v) is 6.22. The molecule has 1 fully saturated rings. The highest BCUT2D eigenvalue weighted by molar-refractivity contribution is 7.80. The first-order valence-corrected chi connectivity index (χ1v) is 7.80. The van der Waals surface area contributed by atoms with Gasteiger partial charge in [-0.2, -0.15) is 17.6 Å². The number of halogens is 4. The summed E-state index contributed by atoms with van der Waals surface area (Å²) in [6, 6.07) is 5.13. The quantitative estimate of drug-likeness (QED) is 0.468. The summed E-state index contributed by atoms with van der Waals surface area (Å²) in [4.78, 5) is 13.7. The van der Waals surface area contributed by atoms with E-state index in [2.05, 4.69) is 10.1 Å². The van der Waals surface area contributed by atoms with Gasteiger partial charge in [0.1, 0.15) is 11.4 Å². The van der Waals surface area contributed by atoms with Gasteiger partial charge < -0.3 is 10.1 Å². The van der Waals surface area contributed by atoms with E-state index >= 15 is 0 Å². The molecule has 1 amide bonds. The lowest BCUT2D eigenvalue weighted by atomic mass is 10.1. The zero-order chi connectivity index (χ0) is 18.8. The SMILES string of the molecule is CC(C)CN1C(=O)/C(=C\c2cccc(OC(F)(F)C(F)F)c2)NC1=S. The average molecular weight is 376 g/mol. The van der Waals surface area contributed by atoms with E-state index in [0.717, 1.165) is 12.1 Å². The predicted octanol–water partition coefficient (Wildman–Crippen LogP) is 3.64. The van der Waals surface area contributed by atoms with Crippen molar-refractivity contribution in [2.75, 3.05) is 6.54 Å². The van der Waals surface area contributed by atoms with Crippen LogP contribution in [0.15, 0.2) is 30.0 Å². The number of hydrogen-bond donors (Lipinski definition) is 1. The fraction of sp³-hybridized carbons (Fsp3) is 0.375. The van der Waals surface area contributed by atoms with E-state index in [4.69, 9.17) is 12.2 Å². The molecule has 0 atom stereocenters. The summed E-state index contributed by atoms with van der Waals surface area (Å²) in [5.74, 6) is -0.578. The Balaban J connectivity index is 2.20. The summed E-state index contributed by atoms with van der Waals surface area (Å²) < 4.78 is 54.4. The van der Waals surface area contributed by atoms with Gasteiger partial charge in [-0.15, -0.1) is 0 Å². The highest BCUT2D eigenvalue weighted by atomic mass is 32.1. The molecule has 2 rings (SSSR count). The molecular formula is C16H16F4N2O2S. The molecule has 1 heterocycles. The molecule has 0 saturated carbocycles. The number of nitrogens with zero attached hydrogens (tertiary/aromatic N) is 1. The van der Waals surface area contributed by atoms with E-state index in [9.17, 15) is 22.4 Å². The van der Waals surface area contributed by atoms with Gasteiger partial charge >= 0.3 is 12.5 Å². The molecule has 4 nitrogen and oxygen atoms in total. The molecule has 25 heavy (non-hydrogen) atoms. The summed E-state index contributed by atoms with van der Waals surface area (Å²) in [5, 5.41) is 3.00. The van der Waals surface area contributed by atoms with Crippen molar-refractivity contribution >= 4 is 29.3 Å². The lowest BCUT2D eigenvalue weighted by Crippen LogP contribution is -2.33. The Morgan fingerprint density at radius 2 is 2.04 bits per heavy atom. The summed E-state index contributed by atoms with van der Waals surface area (Å²) in [7, 11) is 0. The summed E-state index contributed by atoms with van der Waals surface area (Å²) in [6.07, 6.45) is -7.15. The molecule has 0 spiro atoms. The summed E-state index contributed by atoms with van der Waals surface area (Å²) in [6.45, 7) is 4.30. The van der Waals surface area contributed by atoms with Gasteiger partial charge in [-0.05, 0) is 41.9 Å². The Hall–Kier alpha value is -2.16. The Labute approximate surface area is 147 Å². The van der Waals surface area contributed by atoms with Crippen LogP contribution in [0.5, 0.6) is 5.75 Å². The highest BCUT2D eigenvalue weighted by Crippen LogP contribution is 2.28. The van der Waals surface area contributed by atoms with Crippen LogP contribution in [0.3, 0.4) is 0 Å². The third-order valence-electron chi connectivity index (χ3n) is 3.19. The second-order valence-electron chi connectivity index (χ2n) is 5.83. The standard InChI is InChI=1S/C16H16F4N2O2S/c1-9(2)8-22-13(23)12(21-15(22)25)7-10-4-3-5-11(6-10)24-16(19,20)14(17)18/h3-7,9,14H,8H2,1-2H3,(H,21,25)/b12-7+. The Kier molecular flexibility index (Phi) is 5.66. The van der Waals surface area contributed by atoms with Gasteiger partial charge in [-0.25, -0.2) is 0 Å². The van der Waals surface area contributed by atoms with Crippen LogP contribution in [-0.2, 0) is 4.79 Å². The molecule has 9 heteroatoms. The maximum atomic E-state index is 13.0. The van der Waals surface area contributed by atoms with Gasteiger partial charge in [0.25, 0.3) is 5.91 Å². The van der Waals surface area contributed by atoms with Crippen LogP contribution in [0.1, 0.15) is 19.4 Å². The van der Waals surface area contributed by atoms with Crippen LogP contribution in [-0.4, -0.2) is 35.0 Å². The van der Waals surface area contributed by atoms with Gasteiger partial charge in [0.05, 0.1) is 0 Å². The average Bonchev–Trinajstić information content (AvgIpc) is 2.74. The van der Waals surface area contributed by atoms with Crippen LogP contribution in [0.2, 0.25) is 0 Å². The van der Waals surface area contributed by atoms with E-state index in [-0.39, 0.29) is 22.6 Å². The maximum absolute atomic E-state index is 13.0. The number of benzene rings is 1. The summed E-state index contributed by atoms with van der Waals surface area (Å²) in [5.41, 5.74) is 0.496. The largest absolute Gasteiger partial charge is 0.461 e. The first-order chi connectivity index (χ1) is 11.6. The molecule has 0 radical (unpaired) electrons. The number of ether oxygens (including phenoxy) is 1. The van der Waals surface area contributed by atoms with Crippen LogP contribution in [0.25, 0.3) is 6.08 Å². The second kappa shape index (κ2) is 7.38. The molecule has 0 bridgehead atoms. The monoisotopic (exact) mass is 376 g/mol. The highest BCUT2D eigenvalue weighted by Gasteiger charge is 2.44. The zero-order valence-electron chi connectivity index (χ0n) is 13.4. The molecule has 0 aromatic heterocycles. The van der Waals surface area contributed by atoms with Crippen molar-refractivity contribution in [3.63, 3.8) is 0 Å². The number of carbonyl (C=O) groups excluding carboxylic acids is 1. The van der Waals surface area contributed by atoms with Crippen molar-refractivity contribution in [1.29, 1.82) is 0 Å². The van der Waals surface area contributed by atoms with Crippen molar-refractivity contribution in [2.45, 2.75) is 26.4 Å². The first-order valence-electron chi connectivity index (χ1n) is 7.39. The zero-order valence-corrected chi connectivity index (χ0v) is 14.2. The van der Waals surface area contributed by atoms with E-state index in [1.165, 1.54) is 23.1 Å². The van der Waals surface area contributed by atoms with Crippen LogP contribution >= 0.6 is 12.2 Å². The van der Waals surface area contributed by atoms with Crippen molar-refractivity contribution in [2.24, 2.45) is 5.92 Å². The topological polar surface area (TPSA) is 41.6 Å². The number of hydrogen-bond acceptors (Lipinski definition) is 3. The number of nitrogens with one attached hydrogen (secondary N) is 1. The maximum Gasteiger partial charge on any atom is 0.461 e. The Morgan fingerprint density at radius 3 is 2.64 bits per heavy atom. The third-order valence-corrected chi connectivity index (χ3v) is 3.51. The van der Waals surface area contributed by atoms with E-state index in [1.807, 2.05) is 13.8 Å². The van der Waals surface area contributed by atoms with Crippen molar-refractivity contribution in [3.05, 3.63) is 35.5 Å². The van der Waals surface area contributed by atoms with Crippen molar-refractivity contribution < 1.29 is 27.1 Å². The molecule has 1 N–H and O–H groups in total. The Morgan fingerprint density at radius 1 is 1.36 bits per heavy atom. The predicted molar refractivity (Wildman–Crippen MR) is 88.3 cm³/mol. The molecule has 1 saturated heterocycles. The molecule has 0 unspecified atom stereocenters. The van der Waals surface area contributed by atoms with Gasteiger partial charge in [-0.1, -0.05) is 26.0 Å². The van der Waals surface area contributed by atoms with Crippen molar-refractivity contribution in [3.8, 4) is 5.75 Å². The minimum atomic E-state index is -4.59. The van der Waals surface area contributed by atoms with Crippen LogP contribution < -0.4 is 10.1 Å². The minimum Gasteiger partial charge on any atom is -0.428 e. The number of thiocarbonyl (C=S) groups is 1. The minimum absolute atomic E-state index is 0.170. The number of alkyl halides is 4. The van der Waals surface area contributed by atoms with Crippen LogP contribution in [0, 0.1) is 5.92 Å².